The first-order valence-corrected chi connectivity index (χ1v) is 10.7. The third-order valence-electron chi connectivity index (χ3n) is 6.29. The van der Waals surface area contributed by atoms with Crippen LogP contribution in [0.2, 0.25) is 0 Å². The van der Waals surface area contributed by atoms with E-state index in [1.807, 2.05) is 12.3 Å². The van der Waals surface area contributed by atoms with Crippen molar-refractivity contribution >= 4 is 16.9 Å². The van der Waals surface area contributed by atoms with Gasteiger partial charge in [0.25, 0.3) is 5.91 Å². The fraction of sp³-hybridized carbons (Fsp3) is 0.417. The molecule has 1 atom stereocenters. The number of ether oxygens (including phenoxy) is 1. The fourth-order valence-electron chi connectivity index (χ4n) is 4.63. The zero-order valence-electron chi connectivity index (χ0n) is 17.5. The lowest BCUT2D eigenvalue weighted by molar-refractivity contribution is 0.0909. The van der Waals surface area contributed by atoms with Crippen LogP contribution in [0.5, 0.6) is 5.88 Å². The minimum atomic E-state index is -0.0645. The van der Waals surface area contributed by atoms with Gasteiger partial charge in [-0.3, -0.25) is 4.79 Å². The van der Waals surface area contributed by atoms with Gasteiger partial charge in [0.2, 0.25) is 5.88 Å². The smallest absolute Gasteiger partial charge is 0.253 e. The van der Waals surface area contributed by atoms with Crippen LogP contribution in [0, 0.1) is 5.92 Å². The van der Waals surface area contributed by atoms with Gasteiger partial charge in [-0.1, -0.05) is 6.92 Å². The Morgan fingerprint density at radius 2 is 1.90 bits per heavy atom. The molecule has 4 rings (SSSR count). The quantitative estimate of drug-likeness (QED) is 0.654. The van der Waals surface area contributed by atoms with Crippen LogP contribution in [0.25, 0.3) is 11.0 Å². The number of carbonyl (C=O) groups excluding carboxylic acids is 1. The van der Waals surface area contributed by atoms with Crippen molar-refractivity contribution in [2.75, 3.05) is 7.11 Å². The molecule has 30 heavy (non-hydrogen) atoms. The number of hydrogen-bond acceptors (Lipinski definition) is 5. The zero-order chi connectivity index (χ0) is 20.9. The van der Waals surface area contributed by atoms with Gasteiger partial charge in [-0.25, -0.2) is 15.0 Å². The number of rotatable bonds is 6. The van der Waals surface area contributed by atoms with Crippen LogP contribution in [0.15, 0.2) is 48.9 Å². The molecule has 3 heterocycles. The Morgan fingerprint density at radius 3 is 2.60 bits per heavy atom. The molecule has 6 nitrogen and oxygen atoms in total. The summed E-state index contributed by atoms with van der Waals surface area (Å²) in [6.45, 7) is 2.14. The van der Waals surface area contributed by atoms with Gasteiger partial charge in [-0.15, -0.1) is 0 Å². The van der Waals surface area contributed by atoms with E-state index < -0.39 is 0 Å². The standard InChI is InChI=1S/C24H28N4O2/c1-3-21(28-24(29)18-10-11-22(30-2)27-15-18)17-8-6-16(7-9-17)19-12-14-26-23-20(19)5-4-13-25-23/h4-5,10-17,21H,3,6-9H2,1-2H3,(H,28,29). The molecule has 3 aromatic rings. The number of nitrogens with zero attached hydrogens (tertiary/aromatic N) is 3. The Labute approximate surface area is 177 Å². The van der Waals surface area contributed by atoms with E-state index in [1.165, 1.54) is 5.56 Å². The van der Waals surface area contributed by atoms with Gasteiger partial charge in [-0.2, -0.15) is 0 Å². The zero-order valence-corrected chi connectivity index (χ0v) is 17.5. The molecule has 0 radical (unpaired) electrons. The maximum atomic E-state index is 12.7. The molecule has 1 unspecified atom stereocenters. The van der Waals surface area contributed by atoms with E-state index in [0.29, 0.717) is 23.3 Å². The average molecular weight is 405 g/mol. The van der Waals surface area contributed by atoms with Gasteiger partial charge in [-0.05, 0) is 73.8 Å². The number of nitrogens with one attached hydrogen (secondary N) is 1. The summed E-state index contributed by atoms with van der Waals surface area (Å²) in [6.07, 6.45) is 10.6. The lowest BCUT2D eigenvalue weighted by Crippen LogP contribution is -2.41. The van der Waals surface area contributed by atoms with E-state index in [9.17, 15) is 4.79 Å². The number of aromatic nitrogens is 3. The van der Waals surface area contributed by atoms with Gasteiger partial charge >= 0.3 is 0 Å². The molecule has 6 heteroatoms. The highest BCUT2D eigenvalue weighted by Crippen LogP contribution is 2.39. The van der Waals surface area contributed by atoms with E-state index in [-0.39, 0.29) is 11.9 Å². The van der Waals surface area contributed by atoms with Crippen molar-refractivity contribution in [1.29, 1.82) is 0 Å². The summed E-state index contributed by atoms with van der Waals surface area (Å²) in [5.41, 5.74) is 2.75. The molecule has 1 amide bonds. The summed E-state index contributed by atoms with van der Waals surface area (Å²) in [5, 5.41) is 4.40. The maximum Gasteiger partial charge on any atom is 0.253 e. The first-order valence-electron chi connectivity index (χ1n) is 10.7. The lowest BCUT2D eigenvalue weighted by atomic mass is 9.75. The largest absolute Gasteiger partial charge is 0.481 e. The summed E-state index contributed by atoms with van der Waals surface area (Å²) >= 11 is 0. The molecule has 0 aromatic carbocycles. The summed E-state index contributed by atoms with van der Waals surface area (Å²) < 4.78 is 5.07. The van der Waals surface area contributed by atoms with Crippen LogP contribution < -0.4 is 10.1 Å². The molecule has 0 aliphatic heterocycles. The van der Waals surface area contributed by atoms with Crippen molar-refractivity contribution in [2.24, 2.45) is 5.92 Å². The Morgan fingerprint density at radius 1 is 1.10 bits per heavy atom. The van der Waals surface area contributed by atoms with E-state index >= 15 is 0 Å². The van der Waals surface area contributed by atoms with Crippen molar-refractivity contribution in [2.45, 2.75) is 51.0 Å². The third-order valence-corrected chi connectivity index (χ3v) is 6.29. The number of carbonyl (C=O) groups is 1. The van der Waals surface area contributed by atoms with Crippen LogP contribution in [0.4, 0.5) is 0 Å². The first kappa shape index (κ1) is 20.3. The van der Waals surface area contributed by atoms with E-state index in [0.717, 1.165) is 43.1 Å². The molecule has 0 saturated heterocycles. The Bertz CT molecular complexity index is 992. The normalized spacial score (nSPS) is 19.9. The maximum absolute atomic E-state index is 12.7. The topological polar surface area (TPSA) is 77.0 Å². The molecule has 3 aromatic heterocycles. The lowest BCUT2D eigenvalue weighted by Gasteiger charge is -2.34. The monoisotopic (exact) mass is 404 g/mol. The average Bonchev–Trinajstić information content (AvgIpc) is 2.82. The molecule has 1 N–H and O–H groups in total. The Kier molecular flexibility index (Phi) is 6.21. The van der Waals surface area contributed by atoms with Gasteiger partial charge in [0, 0.05) is 36.1 Å². The van der Waals surface area contributed by atoms with Crippen molar-refractivity contribution in [3.63, 3.8) is 0 Å². The summed E-state index contributed by atoms with van der Waals surface area (Å²) in [6, 6.07) is 9.90. The van der Waals surface area contributed by atoms with Gasteiger partial charge in [0.05, 0.1) is 12.7 Å². The molecule has 0 spiro atoms. The minimum absolute atomic E-state index is 0.0645. The number of fused-ring (bicyclic) bond motifs is 1. The van der Waals surface area contributed by atoms with Crippen LogP contribution in [0.1, 0.15) is 60.9 Å². The predicted molar refractivity (Wildman–Crippen MR) is 117 cm³/mol. The van der Waals surface area contributed by atoms with E-state index in [4.69, 9.17) is 4.74 Å². The molecule has 0 bridgehead atoms. The molecule has 1 saturated carbocycles. The van der Waals surface area contributed by atoms with Crippen molar-refractivity contribution in [3.05, 3.63) is 60.0 Å². The highest BCUT2D eigenvalue weighted by molar-refractivity contribution is 5.94. The van der Waals surface area contributed by atoms with E-state index in [2.05, 4.69) is 39.3 Å². The summed E-state index contributed by atoms with van der Waals surface area (Å²) in [4.78, 5) is 25.6. The van der Waals surface area contributed by atoms with Crippen LogP contribution >= 0.6 is 0 Å². The highest BCUT2D eigenvalue weighted by atomic mass is 16.5. The van der Waals surface area contributed by atoms with Crippen molar-refractivity contribution in [3.8, 4) is 5.88 Å². The van der Waals surface area contributed by atoms with Crippen molar-refractivity contribution < 1.29 is 9.53 Å². The van der Waals surface area contributed by atoms with Crippen LogP contribution in [0.3, 0.4) is 0 Å². The Hall–Kier alpha value is -3.02. The number of methoxy groups -OCH3 is 1. The Balaban J connectivity index is 1.40. The second kappa shape index (κ2) is 9.20. The molecule has 156 valence electrons. The second-order valence-electron chi connectivity index (χ2n) is 7.96. The molecular weight excluding hydrogens is 376 g/mol. The molecule has 1 aliphatic rings. The van der Waals surface area contributed by atoms with Gasteiger partial charge in [0.15, 0.2) is 5.65 Å². The third kappa shape index (κ3) is 4.27. The number of pyridine rings is 3. The minimum Gasteiger partial charge on any atom is -0.481 e. The van der Waals surface area contributed by atoms with Crippen LogP contribution in [-0.2, 0) is 0 Å². The van der Waals surface area contributed by atoms with Crippen LogP contribution in [-0.4, -0.2) is 34.0 Å². The number of amides is 1. The van der Waals surface area contributed by atoms with E-state index in [1.54, 1.807) is 31.6 Å². The summed E-state index contributed by atoms with van der Waals surface area (Å²) in [7, 11) is 1.57. The number of hydrogen-bond donors (Lipinski definition) is 1. The SMILES string of the molecule is CCC(NC(=O)c1ccc(OC)nc1)C1CCC(c2ccnc3ncccc23)CC1. The second-order valence-corrected chi connectivity index (χ2v) is 7.96. The molecule has 1 aliphatic carbocycles. The fourth-order valence-corrected chi connectivity index (χ4v) is 4.63. The van der Waals surface area contributed by atoms with Crippen molar-refractivity contribution in [1.82, 2.24) is 20.3 Å². The molecular formula is C24H28N4O2. The predicted octanol–water partition coefficient (Wildman–Crippen LogP) is 4.52. The van der Waals surface area contributed by atoms with Gasteiger partial charge in [0.1, 0.15) is 0 Å². The summed E-state index contributed by atoms with van der Waals surface area (Å²) in [5.74, 6) is 1.46. The van der Waals surface area contributed by atoms with Gasteiger partial charge < -0.3 is 10.1 Å². The highest BCUT2D eigenvalue weighted by Gasteiger charge is 2.29. The molecule has 1 fully saturated rings. The first-order chi connectivity index (χ1) is 14.7.